The number of sulfonamides is 1. The van der Waals surface area contributed by atoms with Gasteiger partial charge in [0.1, 0.15) is 10.6 Å². The van der Waals surface area contributed by atoms with E-state index in [0.29, 0.717) is 24.3 Å². The van der Waals surface area contributed by atoms with Crippen LogP contribution in [0.2, 0.25) is 0 Å². The third kappa shape index (κ3) is 5.00. The van der Waals surface area contributed by atoms with Gasteiger partial charge in [-0.1, -0.05) is 36.4 Å². The van der Waals surface area contributed by atoms with Gasteiger partial charge in [0.05, 0.1) is 18.4 Å². The van der Waals surface area contributed by atoms with Crippen LogP contribution in [0.5, 0.6) is 5.75 Å². The molecule has 9 heteroatoms. The number of carbonyl (C=O) groups is 2. The van der Waals surface area contributed by atoms with Crippen molar-refractivity contribution in [3.63, 3.8) is 0 Å². The normalized spacial score (nSPS) is 13.0. The maximum absolute atomic E-state index is 13.6. The van der Waals surface area contributed by atoms with Crippen molar-refractivity contribution in [1.29, 1.82) is 0 Å². The molecule has 0 aliphatic carbocycles. The average Bonchev–Trinajstić information content (AvgIpc) is 2.90. The zero-order valence-electron chi connectivity index (χ0n) is 19.5. The van der Waals surface area contributed by atoms with Crippen LogP contribution in [0, 0.1) is 0 Å². The Morgan fingerprint density at radius 2 is 1.71 bits per heavy atom. The van der Waals surface area contributed by atoms with Gasteiger partial charge in [-0.15, -0.1) is 0 Å². The lowest BCUT2D eigenvalue weighted by molar-refractivity contribution is -0.121. The van der Waals surface area contributed by atoms with E-state index < -0.39 is 28.5 Å². The second-order valence-corrected chi connectivity index (χ2v) is 9.87. The van der Waals surface area contributed by atoms with E-state index in [1.54, 1.807) is 43.4 Å². The topological polar surface area (TPSA) is 93.2 Å². The minimum atomic E-state index is -4.03. The first-order chi connectivity index (χ1) is 16.8. The van der Waals surface area contributed by atoms with Crippen molar-refractivity contribution in [2.24, 2.45) is 0 Å². The van der Waals surface area contributed by atoms with Crippen molar-refractivity contribution >= 4 is 33.3 Å². The monoisotopic (exact) mass is 494 g/mol. The van der Waals surface area contributed by atoms with E-state index in [-0.39, 0.29) is 16.2 Å². The fraction of sp³-hybridized carbons (Fsp3) is 0.231. The number of rotatable bonds is 7. The van der Waals surface area contributed by atoms with Gasteiger partial charge in [0.2, 0.25) is 0 Å². The van der Waals surface area contributed by atoms with E-state index in [2.05, 4.69) is 0 Å². The number of amides is 1. The van der Waals surface area contributed by atoms with E-state index >= 15 is 0 Å². The standard InChI is InChI=1S/C26H26N2O6S/c1-27(21-11-4-3-5-12-21)25(29)18-34-26(30)20-14-15-23(33-2)24(17-20)35(31,32)28-16-8-10-19-9-6-7-13-22(19)28/h3-7,9,11-15,17H,8,10,16,18H2,1-2H3. The van der Waals surface area contributed by atoms with Gasteiger partial charge in [0.15, 0.2) is 6.61 Å². The molecular formula is C26H26N2O6S. The van der Waals surface area contributed by atoms with Crippen LogP contribution in [0.1, 0.15) is 22.3 Å². The van der Waals surface area contributed by atoms with Crippen molar-refractivity contribution in [2.75, 3.05) is 36.5 Å². The first kappa shape index (κ1) is 24.3. The fourth-order valence-corrected chi connectivity index (χ4v) is 5.70. The van der Waals surface area contributed by atoms with Crippen LogP contribution in [0.4, 0.5) is 11.4 Å². The lowest BCUT2D eigenvalue weighted by Gasteiger charge is -2.31. The van der Waals surface area contributed by atoms with Gasteiger partial charge in [-0.05, 0) is 54.8 Å². The fourth-order valence-electron chi connectivity index (χ4n) is 3.98. The summed E-state index contributed by atoms with van der Waals surface area (Å²) in [5.41, 5.74) is 2.22. The number of benzene rings is 3. The average molecular weight is 495 g/mol. The first-order valence-corrected chi connectivity index (χ1v) is 12.5. The molecule has 8 nitrogen and oxygen atoms in total. The summed E-state index contributed by atoms with van der Waals surface area (Å²) in [7, 11) is -1.08. The van der Waals surface area contributed by atoms with Crippen molar-refractivity contribution in [3.05, 3.63) is 83.9 Å². The highest BCUT2D eigenvalue weighted by Crippen LogP contribution is 2.35. The smallest absolute Gasteiger partial charge is 0.338 e. The Balaban J connectivity index is 1.56. The highest BCUT2D eigenvalue weighted by molar-refractivity contribution is 7.93. The number of fused-ring (bicyclic) bond motifs is 1. The number of nitrogens with zero attached hydrogens (tertiary/aromatic N) is 2. The molecule has 182 valence electrons. The molecule has 1 aliphatic rings. The van der Waals surface area contributed by atoms with Crippen molar-refractivity contribution in [2.45, 2.75) is 17.7 Å². The van der Waals surface area contributed by atoms with Crippen LogP contribution in [0.25, 0.3) is 0 Å². The Morgan fingerprint density at radius 3 is 2.46 bits per heavy atom. The SMILES string of the molecule is COc1ccc(C(=O)OCC(=O)N(C)c2ccccc2)cc1S(=O)(=O)N1CCCc2ccccc21. The maximum atomic E-state index is 13.6. The van der Waals surface area contributed by atoms with Gasteiger partial charge < -0.3 is 14.4 Å². The van der Waals surface area contributed by atoms with E-state index in [9.17, 15) is 18.0 Å². The summed E-state index contributed by atoms with van der Waals surface area (Å²) in [6, 6.07) is 20.4. The van der Waals surface area contributed by atoms with E-state index in [1.165, 1.54) is 34.5 Å². The van der Waals surface area contributed by atoms with Gasteiger partial charge in [0.25, 0.3) is 15.9 Å². The number of ether oxygens (including phenoxy) is 2. The number of methoxy groups -OCH3 is 1. The summed E-state index contributed by atoms with van der Waals surface area (Å²) >= 11 is 0. The van der Waals surface area contributed by atoms with Crippen LogP contribution in [0.15, 0.2) is 77.7 Å². The number of hydrogen-bond donors (Lipinski definition) is 0. The molecule has 1 aliphatic heterocycles. The predicted octanol–water partition coefficient (Wildman–Crippen LogP) is 3.66. The Kier molecular flexibility index (Phi) is 7.07. The van der Waals surface area contributed by atoms with Gasteiger partial charge in [-0.25, -0.2) is 13.2 Å². The third-order valence-corrected chi connectivity index (χ3v) is 7.71. The zero-order valence-corrected chi connectivity index (χ0v) is 20.3. The van der Waals surface area contributed by atoms with Crippen LogP contribution >= 0.6 is 0 Å². The molecule has 0 saturated heterocycles. The molecule has 0 radical (unpaired) electrons. The molecule has 3 aromatic rings. The summed E-state index contributed by atoms with van der Waals surface area (Å²) < 4.78 is 39.1. The molecule has 0 fully saturated rings. The molecule has 0 saturated carbocycles. The first-order valence-electron chi connectivity index (χ1n) is 11.1. The molecule has 4 rings (SSSR count). The van der Waals surface area contributed by atoms with Gasteiger partial charge >= 0.3 is 5.97 Å². The lowest BCUT2D eigenvalue weighted by Crippen LogP contribution is -2.35. The highest BCUT2D eigenvalue weighted by atomic mass is 32.2. The molecule has 3 aromatic carbocycles. The zero-order chi connectivity index (χ0) is 25.0. The van der Waals surface area contributed by atoms with E-state index in [1.807, 2.05) is 18.2 Å². The Labute approximate surface area is 204 Å². The molecule has 1 heterocycles. The summed E-state index contributed by atoms with van der Waals surface area (Å²) in [6.07, 6.45) is 1.47. The number of aryl methyl sites for hydroxylation is 1. The van der Waals surface area contributed by atoms with Crippen molar-refractivity contribution < 1.29 is 27.5 Å². The van der Waals surface area contributed by atoms with E-state index in [0.717, 1.165) is 12.0 Å². The number of esters is 1. The molecule has 35 heavy (non-hydrogen) atoms. The van der Waals surface area contributed by atoms with Crippen LogP contribution < -0.4 is 13.9 Å². The van der Waals surface area contributed by atoms with Crippen molar-refractivity contribution in [3.8, 4) is 5.75 Å². The number of likely N-dealkylation sites (N-methyl/N-ethyl adjacent to an activating group) is 1. The Hall–Kier alpha value is -3.85. The second kappa shape index (κ2) is 10.2. The Morgan fingerprint density at radius 1 is 1.00 bits per heavy atom. The third-order valence-electron chi connectivity index (χ3n) is 5.88. The van der Waals surface area contributed by atoms with E-state index in [4.69, 9.17) is 9.47 Å². The number of para-hydroxylation sites is 2. The molecule has 0 bridgehead atoms. The largest absolute Gasteiger partial charge is 0.495 e. The highest BCUT2D eigenvalue weighted by Gasteiger charge is 2.32. The predicted molar refractivity (Wildman–Crippen MR) is 132 cm³/mol. The molecule has 0 atom stereocenters. The molecular weight excluding hydrogens is 468 g/mol. The van der Waals surface area contributed by atoms with Crippen molar-refractivity contribution in [1.82, 2.24) is 0 Å². The lowest BCUT2D eigenvalue weighted by atomic mass is 10.0. The summed E-state index contributed by atoms with van der Waals surface area (Å²) in [4.78, 5) is 26.4. The second-order valence-electron chi connectivity index (χ2n) is 8.04. The van der Waals surface area contributed by atoms with Crippen LogP contribution in [0.3, 0.4) is 0 Å². The molecule has 0 aromatic heterocycles. The minimum Gasteiger partial charge on any atom is -0.495 e. The quantitative estimate of drug-likeness (QED) is 0.466. The number of anilines is 2. The number of carbonyl (C=O) groups excluding carboxylic acids is 2. The van der Waals surface area contributed by atoms with Gasteiger partial charge in [-0.2, -0.15) is 0 Å². The van der Waals surface area contributed by atoms with Gasteiger partial charge in [0, 0.05) is 19.3 Å². The minimum absolute atomic E-state index is 0.00448. The summed E-state index contributed by atoms with van der Waals surface area (Å²) in [6.45, 7) is -0.171. The number of hydrogen-bond acceptors (Lipinski definition) is 6. The molecule has 1 amide bonds. The molecule has 0 spiro atoms. The summed E-state index contributed by atoms with van der Waals surface area (Å²) in [5.74, 6) is -1.11. The molecule has 0 unspecified atom stereocenters. The maximum Gasteiger partial charge on any atom is 0.338 e. The Bertz CT molecular complexity index is 1340. The molecule has 0 N–H and O–H groups in total. The van der Waals surface area contributed by atoms with Crippen LogP contribution in [-0.4, -0.2) is 47.6 Å². The van der Waals surface area contributed by atoms with Crippen LogP contribution in [-0.2, 0) is 26.0 Å². The van der Waals surface area contributed by atoms with Gasteiger partial charge in [-0.3, -0.25) is 9.10 Å². The summed E-state index contributed by atoms with van der Waals surface area (Å²) in [5, 5.41) is 0.